The van der Waals surface area contributed by atoms with E-state index in [-0.39, 0.29) is 12.2 Å². The van der Waals surface area contributed by atoms with Crippen LogP contribution in [0.5, 0.6) is 11.5 Å². The molecule has 0 radical (unpaired) electrons. The number of methoxy groups -OCH3 is 1. The number of benzene rings is 1. The van der Waals surface area contributed by atoms with Crippen molar-refractivity contribution in [1.29, 1.82) is 0 Å². The third kappa shape index (κ3) is 1.84. The Hall–Kier alpha value is -1.68. The topological polar surface area (TPSA) is 55.8 Å². The van der Waals surface area contributed by atoms with Crippen molar-refractivity contribution in [3.05, 3.63) is 28.3 Å². The first-order valence-corrected chi connectivity index (χ1v) is 4.94. The Balaban J connectivity index is 2.48. The molecule has 1 aromatic rings. The molecular formula is C11H9ClO4. The van der Waals surface area contributed by atoms with Crippen LogP contribution in [-0.2, 0) is 4.79 Å². The van der Waals surface area contributed by atoms with E-state index < -0.39 is 5.97 Å². The third-order valence-corrected chi connectivity index (χ3v) is 2.57. The normalized spacial score (nSPS) is 13.5. The maximum atomic E-state index is 10.8. The molecule has 0 unspecified atom stereocenters. The van der Waals surface area contributed by atoms with Crippen LogP contribution in [0.25, 0.3) is 6.08 Å². The van der Waals surface area contributed by atoms with E-state index in [0.29, 0.717) is 22.1 Å². The fourth-order valence-corrected chi connectivity index (χ4v) is 1.70. The van der Waals surface area contributed by atoms with Crippen LogP contribution in [0.2, 0.25) is 5.02 Å². The van der Waals surface area contributed by atoms with Crippen molar-refractivity contribution in [2.45, 2.75) is 0 Å². The standard InChI is InChI=1S/C11H9ClO4/c1-15-10-4-9-6(3-8(10)12)2-7(5-16-9)11(13)14/h2-4H,5H2,1H3,(H,13,14). The van der Waals surface area contributed by atoms with Crippen molar-refractivity contribution in [1.82, 2.24) is 0 Å². The summed E-state index contributed by atoms with van der Waals surface area (Å²) in [7, 11) is 1.51. The highest BCUT2D eigenvalue weighted by atomic mass is 35.5. The molecule has 0 saturated heterocycles. The number of aliphatic carboxylic acids is 1. The van der Waals surface area contributed by atoms with E-state index in [1.807, 2.05) is 0 Å². The highest BCUT2D eigenvalue weighted by Crippen LogP contribution is 2.35. The maximum Gasteiger partial charge on any atom is 0.335 e. The summed E-state index contributed by atoms with van der Waals surface area (Å²) in [5, 5.41) is 9.25. The Kier molecular flexibility index (Phi) is 2.75. The molecule has 16 heavy (non-hydrogen) atoms. The lowest BCUT2D eigenvalue weighted by molar-refractivity contribution is -0.132. The van der Waals surface area contributed by atoms with E-state index in [9.17, 15) is 4.79 Å². The minimum atomic E-state index is -0.988. The van der Waals surface area contributed by atoms with Crippen LogP contribution in [0.1, 0.15) is 5.56 Å². The molecule has 1 aliphatic rings. The summed E-state index contributed by atoms with van der Waals surface area (Å²) in [6.45, 7) is 0.0487. The van der Waals surface area contributed by atoms with Gasteiger partial charge in [0.1, 0.15) is 18.1 Å². The maximum absolute atomic E-state index is 10.8. The number of carbonyl (C=O) groups is 1. The second-order valence-corrected chi connectivity index (χ2v) is 3.70. The van der Waals surface area contributed by atoms with Crippen molar-refractivity contribution < 1.29 is 19.4 Å². The van der Waals surface area contributed by atoms with Crippen LogP contribution in [-0.4, -0.2) is 24.8 Å². The van der Waals surface area contributed by atoms with Crippen molar-refractivity contribution in [3.8, 4) is 11.5 Å². The predicted octanol–water partition coefficient (Wildman–Crippen LogP) is 2.21. The molecule has 0 fully saturated rings. The lowest BCUT2D eigenvalue weighted by atomic mass is 10.1. The Morgan fingerprint density at radius 2 is 2.31 bits per heavy atom. The number of ether oxygens (including phenoxy) is 2. The van der Waals surface area contributed by atoms with Gasteiger partial charge < -0.3 is 14.6 Å². The largest absolute Gasteiger partial charge is 0.495 e. The van der Waals surface area contributed by atoms with Gasteiger partial charge in [-0.15, -0.1) is 0 Å². The lowest BCUT2D eigenvalue weighted by Crippen LogP contribution is -2.14. The summed E-state index contributed by atoms with van der Waals surface area (Å²) < 4.78 is 10.3. The van der Waals surface area contributed by atoms with E-state index in [0.717, 1.165) is 0 Å². The first-order valence-electron chi connectivity index (χ1n) is 4.56. The summed E-state index contributed by atoms with van der Waals surface area (Å²) in [6.07, 6.45) is 1.55. The Bertz CT molecular complexity index is 479. The zero-order chi connectivity index (χ0) is 11.7. The fraction of sp³-hybridized carbons (Fsp3) is 0.182. The minimum absolute atomic E-state index is 0.0487. The van der Waals surface area contributed by atoms with Gasteiger partial charge in [-0.2, -0.15) is 0 Å². The zero-order valence-electron chi connectivity index (χ0n) is 8.49. The number of halogens is 1. The van der Waals surface area contributed by atoms with Gasteiger partial charge in [0.2, 0.25) is 0 Å². The molecule has 1 aliphatic heterocycles. The van der Waals surface area contributed by atoms with Crippen molar-refractivity contribution in [3.63, 3.8) is 0 Å². The molecule has 2 rings (SSSR count). The van der Waals surface area contributed by atoms with Crippen molar-refractivity contribution in [2.24, 2.45) is 0 Å². The average molecular weight is 241 g/mol. The molecule has 0 spiro atoms. The number of rotatable bonds is 2. The molecule has 0 aliphatic carbocycles. The molecule has 0 saturated carbocycles. The van der Waals surface area contributed by atoms with Gasteiger partial charge >= 0.3 is 5.97 Å². The number of hydrogen-bond donors (Lipinski definition) is 1. The van der Waals surface area contributed by atoms with Crippen LogP contribution in [0.4, 0.5) is 0 Å². The molecule has 4 nitrogen and oxygen atoms in total. The second kappa shape index (κ2) is 4.06. The van der Waals surface area contributed by atoms with Crippen molar-refractivity contribution >= 4 is 23.6 Å². The van der Waals surface area contributed by atoms with Crippen LogP contribution < -0.4 is 9.47 Å². The number of carboxylic acids is 1. The highest BCUT2D eigenvalue weighted by molar-refractivity contribution is 6.32. The van der Waals surface area contributed by atoms with Crippen LogP contribution in [0.3, 0.4) is 0 Å². The molecule has 84 valence electrons. The highest BCUT2D eigenvalue weighted by Gasteiger charge is 2.18. The van der Waals surface area contributed by atoms with E-state index >= 15 is 0 Å². The van der Waals surface area contributed by atoms with Gasteiger partial charge in [0.15, 0.2) is 0 Å². The molecule has 0 atom stereocenters. The van der Waals surface area contributed by atoms with E-state index in [1.165, 1.54) is 7.11 Å². The van der Waals surface area contributed by atoms with Gasteiger partial charge in [0, 0.05) is 11.6 Å². The third-order valence-electron chi connectivity index (χ3n) is 2.27. The van der Waals surface area contributed by atoms with E-state index in [4.69, 9.17) is 26.2 Å². The van der Waals surface area contributed by atoms with Crippen LogP contribution in [0, 0.1) is 0 Å². The quantitative estimate of drug-likeness (QED) is 0.861. The predicted molar refractivity (Wildman–Crippen MR) is 59.1 cm³/mol. The van der Waals surface area contributed by atoms with Gasteiger partial charge in [0.25, 0.3) is 0 Å². The average Bonchev–Trinajstić information content (AvgIpc) is 2.27. The van der Waals surface area contributed by atoms with Gasteiger partial charge in [-0.25, -0.2) is 4.79 Å². The summed E-state index contributed by atoms with van der Waals surface area (Å²) >= 11 is 5.93. The summed E-state index contributed by atoms with van der Waals surface area (Å²) in [4.78, 5) is 10.8. The van der Waals surface area contributed by atoms with Gasteiger partial charge in [-0.1, -0.05) is 11.6 Å². The Labute approximate surface area is 97.0 Å². The Morgan fingerprint density at radius 3 is 2.94 bits per heavy atom. The lowest BCUT2D eigenvalue weighted by Gasteiger charge is -2.17. The first-order chi connectivity index (χ1) is 7.61. The van der Waals surface area contributed by atoms with Gasteiger partial charge in [-0.05, 0) is 12.1 Å². The number of hydrogen-bond acceptors (Lipinski definition) is 3. The summed E-state index contributed by atoms with van der Waals surface area (Å²) in [5.41, 5.74) is 0.850. The molecule has 1 N–H and O–H groups in total. The van der Waals surface area contributed by atoms with E-state index in [2.05, 4.69) is 0 Å². The molecule has 0 bridgehead atoms. The van der Waals surface area contributed by atoms with Crippen LogP contribution >= 0.6 is 11.6 Å². The molecule has 1 aromatic carbocycles. The summed E-state index contributed by atoms with van der Waals surface area (Å²) in [5.74, 6) is 0.0939. The molecule has 0 aromatic heterocycles. The number of carboxylic acid groups (broad SMARTS) is 1. The van der Waals surface area contributed by atoms with E-state index in [1.54, 1.807) is 18.2 Å². The molecular weight excluding hydrogens is 232 g/mol. The molecule has 5 heteroatoms. The fourth-order valence-electron chi connectivity index (χ4n) is 1.45. The number of fused-ring (bicyclic) bond motifs is 1. The first kappa shape index (κ1) is 10.8. The van der Waals surface area contributed by atoms with Gasteiger partial charge in [-0.3, -0.25) is 0 Å². The zero-order valence-corrected chi connectivity index (χ0v) is 9.25. The molecule has 0 amide bonds. The van der Waals surface area contributed by atoms with Crippen LogP contribution in [0.15, 0.2) is 17.7 Å². The van der Waals surface area contributed by atoms with Crippen molar-refractivity contribution in [2.75, 3.05) is 13.7 Å². The monoisotopic (exact) mass is 240 g/mol. The Morgan fingerprint density at radius 1 is 1.56 bits per heavy atom. The SMILES string of the molecule is COc1cc2c(cc1Cl)C=C(C(=O)O)CO2. The smallest absolute Gasteiger partial charge is 0.335 e. The molecule has 1 heterocycles. The summed E-state index contributed by atoms with van der Waals surface area (Å²) in [6, 6.07) is 3.27. The second-order valence-electron chi connectivity index (χ2n) is 3.29. The minimum Gasteiger partial charge on any atom is -0.495 e. The van der Waals surface area contributed by atoms with Gasteiger partial charge in [0.05, 0.1) is 17.7 Å².